The van der Waals surface area contributed by atoms with E-state index in [2.05, 4.69) is 17.1 Å². The molecule has 130 valence electrons. The van der Waals surface area contributed by atoms with Crippen molar-refractivity contribution in [2.75, 3.05) is 0 Å². The molecule has 1 heterocycles. The molecule has 0 fully saturated rings. The molecule has 3 aromatic rings. The molecule has 0 spiro atoms. The number of benzene rings is 2. The first-order chi connectivity index (χ1) is 12.7. The highest BCUT2D eigenvalue weighted by Crippen LogP contribution is 2.15. The quantitative estimate of drug-likeness (QED) is 0.462. The number of esters is 1. The maximum Gasteiger partial charge on any atom is 0.311 e. The largest absolute Gasteiger partial charge is 0.427 e. The van der Waals surface area contributed by atoms with E-state index in [4.69, 9.17) is 4.74 Å². The van der Waals surface area contributed by atoms with Crippen molar-refractivity contribution in [3.05, 3.63) is 95.3 Å². The summed E-state index contributed by atoms with van der Waals surface area (Å²) in [5, 5.41) is 0. The number of nitrogens with zero attached hydrogens (tertiary/aromatic N) is 1. The van der Waals surface area contributed by atoms with Crippen molar-refractivity contribution < 1.29 is 9.53 Å². The van der Waals surface area contributed by atoms with Gasteiger partial charge in [0, 0.05) is 12.6 Å². The van der Waals surface area contributed by atoms with Crippen molar-refractivity contribution in [3.63, 3.8) is 0 Å². The molecule has 0 saturated carbocycles. The summed E-state index contributed by atoms with van der Waals surface area (Å²) in [5.41, 5.74) is 4.28. The highest BCUT2D eigenvalue weighted by molar-refractivity contribution is 5.73. The normalized spacial score (nSPS) is 10.8. The van der Waals surface area contributed by atoms with E-state index in [0.29, 0.717) is 18.6 Å². The monoisotopic (exact) mass is 343 g/mol. The van der Waals surface area contributed by atoms with E-state index in [0.717, 1.165) is 16.8 Å². The molecule has 0 aliphatic rings. The predicted molar refractivity (Wildman–Crippen MR) is 105 cm³/mol. The summed E-state index contributed by atoms with van der Waals surface area (Å²) in [6.45, 7) is 2.05. The summed E-state index contributed by atoms with van der Waals surface area (Å²) >= 11 is 0. The first-order valence-electron chi connectivity index (χ1n) is 8.64. The van der Waals surface area contributed by atoms with Gasteiger partial charge in [-0.15, -0.1) is 0 Å². The van der Waals surface area contributed by atoms with Crippen LogP contribution in [0, 0.1) is 6.92 Å². The summed E-state index contributed by atoms with van der Waals surface area (Å²) in [5.74, 6) is 0.344. The third kappa shape index (κ3) is 5.42. The molecule has 3 nitrogen and oxygen atoms in total. The van der Waals surface area contributed by atoms with E-state index in [1.165, 1.54) is 5.56 Å². The number of hydrogen-bond acceptors (Lipinski definition) is 3. The Hall–Kier alpha value is -3.20. The van der Waals surface area contributed by atoms with Crippen LogP contribution in [0.3, 0.4) is 0 Å². The van der Waals surface area contributed by atoms with Gasteiger partial charge in [0.2, 0.25) is 0 Å². The molecule has 0 unspecified atom stereocenters. The van der Waals surface area contributed by atoms with Crippen LogP contribution in [0.5, 0.6) is 5.75 Å². The number of pyridine rings is 1. The second-order valence-corrected chi connectivity index (χ2v) is 6.12. The van der Waals surface area contributed by atoms with E-state index in [-0.39, 0.29) is 5.97 Å². The Labute approximate surface area is 154 Å². The molecule has 0 radical (unpaired) electrons. The van der Waals surface area contributed by atoms with Crippen LogP contribution in [0.1, 0.15) is 28.8 Å². The molecular formula is C23H21NO2. The minimum Gasteiger partial charge on any atom is -0.427 e. The number of aryl methyl sites for hydroxylation is 2. The predicted octanol–water partition coefficient (Wildman–Crippen LogP) is 5.10. The van der Waals surface area contributed by atoms with Gasteiger partial charge in [0.05, 0.1) is 5.69 Å². The van der Waals surface area contributed by atoms with Crippen LogP contribution in [0.4, 0.5) is 0 Å². The summed E-state index contributed by atoms with van der Waals surface area (Å²) in [6, 6.07) is 21.4. The lowest BCUT2D eigenvalue weighted by Crippen LogP contribution is -2.09. The molecule has 0 N–H and O–H groups in total. The van der Waals surface area contributed by atoms with Crippen LogP contribution in [-0.4, -0.2) is 11.0 Å². The lowest BCUT2D eigenvalue weighted by atomic mass is 10.1. The van der Waals surface area contributed by atoms with Gasteiger partial charge >= 0.3 is 5.97 Å². The van der Waals surface area contributed by atoms with Gasteiger partial charge in [-0.2, -0.15) is 0 Å². The van der Waals surface area contributed by atoms with Crippen LogP contribution in [0.25, 0.3) is 12.2 Å². The zero-order valence-electron chi connectivity index (χ0n) is 14.8. The Morgan fingerprint density at radius 1 is 0.962 bits per heavy atom. The van der Waals surface area contributed by atoms with Gasteiger partial charge in [-0.25, -0.2) is 0 Å². The Bertz CT molecular complexity index is 866. The molecule has 0 atom stereocenters. The molecule has 0 bridgehead atoms. The van der Waals surface area contributed by atoms with Gasteiger partial charge in [-0.1, -0.05) is 54.1 Å². The van der Waals surface area contributed by atoms with Gasteiger partial charge in [-0.05, 0) is 54.8 Å². The zero-order valence-corrected chi connectivity index (χ0v) is 14.8. The number of carbonyl (C=O) groups excluding carboxylic acids is 1. The molecule has 2 aromatic carbocycles. The minimum atomic E-state index is -0.220. The lowest BCUT2D eigenvalue weighted by Gasteiger charge is -2.05. The van der Waals surface area contributed by atoms with Crippen LogP contribution in [0.2, 0.25) is 0 Å². The second-order valence-electron chi connectivity index (χ2n) is 6.12. The number of hydrogen-bond donors (Lipinski definition) is 0. The maximum absolute atomic E-state index is 12.0. The number of ether oxygens (including phenoxy) is 1. The smallest absolute Gasteiger partial charge is 0.311 e. The van der Waals surface area contributed by atoms with Crippen LogP contribution in [0.15, 0.2) is 72.9 Å². The van der Waals surface area contributed by atoms with Gasteiger partial charge in [0.25, 0.3) is 0 Å². The second kappa shape index (κ2) is 8.77. The molecule has 3 rings (SSSR count). The van der Waals surface area contributed by atoms with Crippen molar-refractivity contribution in [3.8, 4) is 5.75 Å². The summed E-state index contributed by atoms with van der Waals surface area (Å²) < 4.78 is 5.40. The average Bonchev–Trinajstić information content (AvgIpc) is 2.68. The molecule has 0 saturated heterocycles. The fourth-order valence-corrected chi connectivity index (χ4v) is 2.49. The third-order valence-electron chi connectivity index (χ3n) is 3.98. The van der Waals surface area contributed by atoms with E-state index in [1.807, 2.05) is 73.7 Å². The third-order valence-corrected chi connectivity index (χ3v) is 3.98. The van der Waals surface area contributed by atoms with Crippen LogP contribution >= 0.6 is 0 Å². The standard InChI is InChI=1S/C23H21NO2/c1-18-5-7-19(8-6-18)12-16-23(25)26-22-14-10-20(11-15-22)9-13-21-4-2-3-17-24-21/h2-11,13-15,17H,12,16H2,1H3/b13-9+. The first-order valence-corrected chi connectivity index (χ1v) is 8.64. The summed E-state index contributed by atoms with van der Waals surface area (Å²) in [4.78, 5) is 16.2. The van der Waals surface area contributed by atoms with E-state index < -0.39 is 0 Å². The number of carbonyl (C=O) groups is 1. The molecule has 26 heavy (non-hydrogen) atoms. The van der Waals surface area contributed by atoms with Crippen molar-refractivity contribution >= 4 is 18.1 Å². The first kappa shape index (κ1) is 17.6. The van der Waals surface area contributed by atoms with E-state index in [1.54, 1.807) is 6.20 Å². The van der Waals surface area contributed by atoms with Crippen molar-refractivity contribution in [2.24, 2.45) is 0 Å². The molecule has 0 aliphatic carbocycles. The summed E-state index contributed by atoms with van der Waals surface area (Å²) in [6.07, 6.45) is 6.74. The Balaban J connectivity index is 1.51. The Morgan fingerprint density at radius 2 is 1.73 bits per heavy atom. The topological polar surface area (TPSA) is 39.2 Å². The van der Waals surface area contributed by atoms with Gasteiger partial charge in [-0.3, -0.25) is 9.78 Å². The molecule has 1 aromatic heterocycles. The van der Waals surface area contributed by atoms with Crippen molar-refractivity contribution in [2.45, 2.75) is 19.8 Å². The SMILES string of the molecule is Cc1ccc(CCC(=O)Oc2ccc(/C=C/c3ccccn3)cc2)cc1. The molecule has 3 heteroatoms. The Kier molecular flexibility index (Phi) is 5.94. The summed E-state index contributed by atoms with van der Waals surface area (Å²) in [7, 11) is 0. The van der Waals surface area contributed by atoms with Crippen LogP contribution in [-0.2, 0) is 11.2 Å². The Morgan fingerprint density at radius 3 is 2.42 bits per heavy atom. The fourth-order valence-electron chi connectivity index (χ4n) is 2.49. The minimum absolute atomic E-state index is 0.220. The van der Waals surface area contributed by atoms with Crippen molar-refractivity contribution in [1.82, 2.24) is 4.98 Å². The highest BCUT2D eigenvalue weighted by Gasteiger charge is 2.05. The molecule has 0 aliphatic heterocycles. The maximum atomic E-state index is 12.0. The van der Waals surface area contributed by atoms with Gasteiger partial charge in [0.1, 0.15) is 5.75 Å². The lowest BCUT2D eigenvalue weighted by molar-refractivity contribution is -0.134. The fraction of sp³-hybridized carbons (Fsp3) is 0.130. The number of rotatable bonds is 6. The number of aromatic nitrogens is 1. The van der Waals surface area contributed by atoms with E-state index >= 15 is 0 Å². The van der Waals surface area contributed by atoms with E-state index in [9.17, 15) is 4.79 Å². The zero-order chi connectivity index (χ0) is 18.2. The highest BCUT2D eigenvalue weighted by atomic mass is 16.5. The van der Waals surface area contributed by atoms with Gasteiger partial charge < -0.3 is 4.74 Å². The van der Waals surface area contributed by atoms with Crippen molar-refractivity contribution in [1.29, 1.82) is 0 Å². The van der Waals surface area contributed by atoms with Crippen LogP contribution < -0.4 is 4.74 Å². The molecule has 0 amide bonds. The average molecular weight is 343 g/mol. The van der Waals surface area contributed by atoms with Gasteiger partial charge in [0.15, 0.2) is 0 Å². The molecular weight excluding hydrogens is 322 g/mol.